The highest BCUT2D eigenvalue weighted by molar-refractivity contribution is 8.93. The molecule has 0 unspecified atom stereocenters. The van der Waals surface area contributed by atoms with Crippen molar-refractivity contribution in [2.24, 2.45) is 0 Å². The quantitative estimate of drug-likeness (QED) is 0.615. The molecule has 1 heterocycles. The van der Waals surface area contributed by atoms with Crippen molar-refractivity contribution in [2.75, 3.05) is 7.11 Å². The van der Waals surface area contributed by atoms with E-state index in [4.69, 9.17) is 4.74 Å². The van der Waals surface area contributed by atoms with Crippen molar-refractivity contribution < 1.29 is 18.9 Å². The lowest BCUT2D eigenvalue weighted by atomic mass is 10.1. The minimum absolute atomic E-state index is 0. The molecule has 2 aromatic rings. The van der Waals surface area contributed by atoms with Crippen molar-refractivity contribution in [3.63, 3.8) is 0 Å². The Balaban J connectivity index is 0.00000220. The van der Waals surface area contributed by atoms with Crippen LogP contribution >= 0.6 is 17.0 Å². The molecule has 0 N–H and O–H groups in total. The van der Waals surface area contributed by atoms with Crippen LogP contribution in [0.25, 0.3) is 0 Å². The van der Waals surface area contributed by atoms with E-state index in [1.807, 2.05) is 0 Å². The zero-order chi connectivity index (χ0) is 14.5. The standard InChI is InChI=1S/C16H16NO3.BrH/c1-12(18)13-7-9-17(10-8-13)11-16(19)14-3-5-15(20-2)6-4-14;/h3-10H,11H2,1-2H3;1H/q+1;. The largest absolute Gasteiger partial charge is 0.497 e. The molecule has 0 amide bonds. The first kappa shape index (κ1) is 17.0. The summed E-state index contributed by atoms with van der Waals surface area (Å²) in [7, 11) is 1.59. The first-order chi connectivity index (χ1) is 9.60. The fourth-order valence-electron chi connectivity index (χ4n) is 1.83. The monoisotopic (exact) mass is 350 g/mol. The SMILES string of the molecule is Br.COc1ccc(C(=O)C[n+]2ccc(C(C)=O)cc2)cc1. The number of methoxy groups -OCH3 is 1. The van der Waals surface area contributed by atoms with Crippen LogP contribution in [0, 0.1) is 0 Å². The Kier molecular flexibility index (Phi) is 6.24. The third-order valence-corrected chi connectivity index (χ3v) is 3.04. The number of hydrogen-bond donors (Lipinski definition) is 0. The van der Waals surface area contributed by atoms with Crippen molar-refractivity contribution in [2.45, 2.75) is 13.5 Å². The maximum atomic E-state index is 12.1. The number of hydrogen-bond acceptors (Lipinski definition) is 3. The summed E-state index contributed by atoms with van der Waals surface area (Å²) < 4.78 is 6.80. The molecule has 0 aliphatic heterocycles. The number of carbonyl (C=O) groups is 2. The van der Waals surface area contributed by atoms with Crippen molar-refractivity contribution >= 4 is 28.5 Å². The summed E-state index contributed by atoms with van der Waals surface area (Å²) in [5.74, 6) is 0.742. The second-order valence-corrected chi connectivity index (χ2v) is 4.47. The fourth-order valence-corrected chi connectivity index (χ4v) is 1.83. The summed E-state index contributed by atoms with van der Waals surface area (Å²) in [6, 6.07) is 10.4. The maximum Gasteiger partial charge on any atom is 0.227 e. The van der Waals surface area contributed by atoms with Crippen LogP contribution < -0.4 is 9.30 Å². The summed E-state index contributed by atoms with van der Waals surface area (Å²) in [6.07, 6.45) is 3.47. The van der Waals surface area contributed by atoms with Gasteiger partial charge in [0, 0.05) is 23.3 Å². The molecule has 21 heavy (non-hydrogen) atoms. The molecule has 0 aliphatic rings. The first-order valence-electron chi connectivity index (χ1n) is 6.27. The number of aromatic nitrogens is 1. The molecule has 110 valence electrons. The van der Waals surface area contributed by atoms with Gasteiger partial charge in [-0.05, 0) is 31.2 Å². The summed E-state index contributed by atoms with van der Waals surface area (Å²) in [4.78, 5) is 23.3. The predicted octanol–water partition coefficient (Wildman–Crippen LogP) is 2.65. The highest BCUT2D eigenvalue weighted by Crippen LogP contribution is 2.11. The summed E-state index contributed by atoms with van der Waals surface area (Å²) >= 11 is 0. The van der Waals surface area contributed by atoms with Gasteiger partial charge in [0.15, 0.2) is 18.2 Å². The van der Waals surface area contributed by atoms with E-state index in [0.29, 0.717) is 11.1 Å². The summed E-state index contributed by atoms with van der Waals surface area (Å²) in [5, 5.41) is 0. The van der Waals surface area contributed by atoms with Gasteiger partial charge in [0.05, 0.1) is 7.11 Å². The molecule has 0 aliphatic carbocycles. The molecule has 5 heteroatoms. The average Bonchev–Trinajstić information content (AvgIpc) is 2.48. The minimum Gasteiger partial charge on any atom is -0.497 e. The van der Waals surface area contributed by atoms with E-state index in [9.17, 15) is 9.59 Å². The van der Waals surface area contributed by atoms with E-state index in [-0.39, 0.29) is 35.1 Å². The number of carbonyl (C=O) groups excluding carboxylic acids is 2. The first-order valence-corrected chi connectivity index (χ1v) is 6.27. The third-order valence-electron chi connectivity index (χ3n) is 3.04. The number of ketones is 2. The molecule has 0 fully saturated rings. The lowest BCUT2D eigenvalue weighted by Gasteiger charge is -2.01. The Labute approximate surface area is 134 Å². The number of halogens is 1. The normalized spacial score (nSPS) is 9.62. The molecule has 4 nitrogen and oxygen atoms in total. The molecule has 0 bridgehead atoms. The van der Waals surface area contributed by atoms with E-state index in [0.717, 1.165) is 5.75 Å². The smallest absolute Gasteiger partial charge is 0.227 e. The van der Waals surface area contributed by atoms with E-state index < -0.39 is 0 Å². The second kappa shape index (κ2) is 7.69. The Hall–Kier alpha value is -2.01. The van der Waals surface area contributed by atoms with Crippen molar-refractivity contribution in [3.05, 3.63) is 59.9 Å². The van der Waals surface area contributed by atoms with Crippen LogP contribution in [0.5, 0.6) is 5.75 Å². The van der Waals surface area contributed by atoms with Crippen molar-refractivity contribution in [1.82, 2.24) is 0 Å². The molecule has 2 rings (SSSR count). The number of Topliss-reactive ketones (excluding diaryl/α,β-unsaturated/α-hetero) is 2. The van der Waals surface area contributed by atoms with E-state index in [2.05, 4.69) is 0 Å². The molecule has 0 saturated carbocycles. The topological polar surface area (TPSA) is 47.2 Å². The highest BCUT2D eigenvalue weighted by atomic mass is 79.9. The van der Waals surface area contributed by atoms with Gasteiger partial charge in [-0.3, -0.25) is 9.59 Å². The summed E-state index contributed by atoms with van der Waals surface area (Å²) in [5.41, 5.74) is 1.27. The Bertz CT molecular complexity index is 621. The molecular weight excluding hydrogens is 334 g/mol. The number of nitrogens with zero attached hydrogens (tertiary/aromatic N) is 1. The Morgan fingerprint density at radius 3 is 2.05 bits per heavy atom. The number of pyridine rings is 1. The molecule has 0 saturated heterocycles. The number of rotatable bonds is 5. The van der Waals surface area contributed by atoms with E-state index in [1.54, 1.807) is 60.5 Å². The van der Waals surface area contributed by atoms with E-state index in [1.165, 1.54) is 6.92 Å². The van der Waals surface area contributed by atoms with Gasteiger partial charge in [-0.2, -0.15) is 4.57 Å². The predicted molar refractivity (Wildman–Crippen MR) is 84.3 cm³/mol. The second-order valence-electron chi connectivity index (χ2n) is 4.47. The lowest BCUT2D eigenvalue weighted by molar-refractivity contribution is -0.683. The molecule has 0 atom stereocenters. The Morgan fingerprint density at radius 1 is 1.00 bits per heavy atom. The van der Waals surface area contributed by atoms with Gasteiger partial charge < -0.3 is 4.74 Å². The number of benzene rings is 1. The zero-order valence-electron chi connectivity index (χ0n) is 11.9. The van der Waals surface area contributed by atoms with Crippen LogP contribution in [-0.4, -0.2) is 18.7 Å². The summed E-state index contributed by atoms with van der Waals surface area (Å²) in [6.45, 7) is 1.76. The van der Waals surface area contributed by atoms with Crippen LogP contribution in [0.4, 0.5) is 0 Å². The fraction of sp³-hybridized carbons (Fsp3) is 0.188. The molecule has 0 spiro atoms. The molecule has 1 aromatic carbocycles. The van der Waals surface area contributed by atoms with Crippen molar-refractivity contribution in [3.8, 4) is 5.75 Å². The van der Waals surface area contributed by atoms with Crippen LogP contribution in [0.2, 0.25) is 0 Å². The van der Waals surface area contributed by atoms with Crippen LogP contribution in [0.1, 0.15) is 27.6 Å². The van der Waals surface area contributed by atoms with Crippen molar-refractivity contribution in [1.29, 1.82) is 0 Å². The highest BCUT2D eigenvalue weighted by Gasteiger charge is 2.12. The van der Waals surface area contributed by atoms with Gasteiger partial charge in [0.25, 0.3) is 0 Å². The van der Waals surface area contributed by atoms with Gasteiger partial charge in [0.2, 0.25) is 12.3 Å². The van der Waals surface area contributed by atoms with Crippen LogP contribution in [0.3, 0.4) is 0 Å². The van der Waals surface area contributed by atoms with Gasteiger partial charge >= 0.3 is 0 Å². The van der Waals surface area contributed by atoms with Gasteiger partial charge in [0.1, 0.15) is 5.75 Å². The lowest BCUT2D eigenvalue weighted by Crippen LogP contribution is -2.37. The molecule has 0 radical (unpaired) electrons. The Morgan fingerprint density at radius 2 is 1.57 bits per heavy atom. The molecule has 1 aromatic heterocycles. The van der Waals surface area contributed by atoms with Crippen LogP contribution in [-0.2, 0) is 6.54 Å². The van der Waals surface area contributed by atoms with Gasteiger partial charge in [-0.25, -0.2) is 0 Å². The van der Waals surface area contributed by atoms with Gasteiger partial charge in [-0.1, -0.05) is 0 Å². The average molecular weight is 351 g/mol. The number of ether oxygens (including phenoxy) is 1. The van der Waals surface area contributed by atoms with E-state index >= 15 is 0 Å². The molecular formula is C16H17BrNO3+. The zero-order valence-corrected chi connectivity index (χ0v) is 13.6. The van der Waals surface area contributed by atoms with Crippen LogP contribution in [0.15, 0.2) is 48.8 Å². The maximum absolute atomic E-state index is 12.1. The minimum atomic E-state index is 0. The van der Waals surface area contributed by atoms with Gasteiger partial charge in [-0.15, -0.1) is 17.0 Å². The third kappa shape index (κ3) is 4.49.